The van der Waals surface area contributed by atoms with Crippen molar-refractivity contribution in [2.24, 2.45) is 0 Å². The van der Waals surface area contributed by atoms with Crippen LogP contribution < -0.4 is 0 Å². The zero-order valence-electron chi connectivity index (χ0n) is 2.21. The van der Waals surface area contributed by atoms with Crippen molar-refractivity contribution in [3.05, 3.63) is 0 Å². The Morgan fingerprint density at radius 3 is 0.750 bits per heavy atom. The van der Waals surface area contributed by atoms with Gasteiger partial charge in [-0.25, -0.2) is 0 Å². The minimum Gasteiger partial charge on any atom is -0.412 e. The molecule has 0 aliphatic carbocycles. The van der Waals surface area contributed by atoms with E-state index in [9.17, 15) is 0 Å². The van der Waals surface area contributed by atoms with Gasteiger partial charge < -0.3 is 11.0 Å². The minimum atomic E-state index is 0. The van der Waals surface area contributed by atoms with Crippen LogP contribution in [0.3, 0.4) is 0 Å². The molecule has 4 heteroatoms. The van der Waals surface area contributed by atoms with E-state index in [1.165, 1.54) is 0 Å². The molecule has 4 N–H and O–H groups in total. The van der Waals surface area contributed by atoms with E-state index < -0.39 is 0 Å². The van der Waals surface area contributed by atoms with Crippen molar-refractivity contribution in [3.8, 4) is 0 Å². The summed E-state index contributed by atoms with van der Waals surface area (Å²) in [6, 6.07) is 0. The molecular weight excluding hydrogens is 100 g/mol. The molecule has 0 heterocycles. The van der Waals surface area contributed by atoms with Crippen molar-refractivity contribution < 1.29 is 11.0 Å². The summed E-state index contributed by atoms with van der Waals surface area (Å²) >= 11 is 0. The first-order chi connectivity index (χ1) is 0. The molecule has 0 bridgehead atoms. The number of rotatable bonds is 0. The summed E-state index contributed by atoms with van der Waals surface area (Å²) in [5.74, 6) is 0. The first kappa shape index (κ1) is 53.5. The molecule has 0 atom stereocenters. The maximum Gasteiger partial charge on any atom is 0 e. The maximum atomic E-state index is 0. The second-order valence-corrected chi connectivity index (χ2v) is 0. The third-order valence-electron chi connectivity index (χ3n) is 0. The van der Waals surface area contributed by atoms with E-state index in [1.807, 2.05) is 0 Å². The van der Waals surface area contributed by atoms with Gasteiger partial charge in [0.2, 0.25) is 0 Å². The molecule has 0 spiro atoms. The molecule has 0 unspecified atom stereocenters. The Kier molecular flexibility index (Phi) is 348. The van der Waals surface area contributed by atoms with Crippen molar-refractivity contribution >= 4 is 48.7 Å². The van der Waals surface area contributed by atoms with Crippen molar-refractivity contribution in [1.29, 1.82) is 0 Å². The zero-order valence-corrected chi connectivity index (χ0v) is 5.42. The van der Waals surface area contributed by atoms with Crippen LogP contribution in [0.25, 0.3) is 0 Å². The van der Waals surface area contributed by atoms with Crippen LogP contribution in [-0.2, 0) is 0 Å². The van der Waals surface area contributed by atoms with Gasteiger partial charge in [-0.05, 0) is 0 Å². The second-order valence-electron chi connectivity index (χ2n) is 0. The quantitative estimate of drug-likeness (QED) is 0.307. The molecule has 22 valence electrons. The summed E-state index contributed by atoms with van der Waals surface area (Å²) in [5.41, 5.74) is 0. The summed E-state index contributed by atoms with van der Waals surface area (Å²) in [6.45, 7) is 0. The van der Waals surface area contributed by atoms with Crippen LogP contribution in [0.5, 0.6) is 0 Å². The Balaban J connectivity index is 0. The third-order valence-corrected chi connectivity index (χ3v) is 0. The molecule has 0 aliphatic rings. The normalized spacial score (nSPS) is 0. The molecule has 6 radical (unpaired) electrons. The van der Waals surface area contributed by atoms with Gasteiger partial charge in [-0.15, -0.1) is 0 Å². The molecule has 0 amide bonds. The van der Waals surface area contributed by atoms with E-state index in [4.69, 9.17) is 0 Å². The van der Waals surface area contributed by atoms with E-state index in [2.05, 4.69) is 0 Å². The third kappa shape index (κ3) is 10.0. The Bertz CT molecular complexity index is 6.00. The molecular formula is H4CaO2Si. The monoisotopic (exact) mass is 104 g/mol. The van der Waals surface area contributed by atoms with Gasteiger partial charge in [-0.1, -0.05) is 0 Å². The second kappa shape index (κ2) is 26.0. The molecule has 0 rings (SSSR count). The van der Waals surface area contributed by atoms with Crippen LogP contribution in [0, 0.1) is 0 Å². The van der Waals surface area contributed by atoms with Crippen LogP contribution in [0.4, 0.5) is 0 Å². The summed E-state index contributed by atoms with van der Waals surface area (Å²) in [6.07, 6.45) is 0. The van der Waals surface area contributed by atoms with Gasteiger partial charge in [0.05, 0.1) is 0 Å². The van der Waals surface area contributed by atoms with Gasteiger partial charge in [-0.2, -0.15) is 0 Å². The zero-order chi connectivity index (χ0) is 0. The molecule has 0 aromatic carbocycles. The topological polar surface area (TPSA) is 63.0 Å². The summed E-state index contributed by atoms with van der Waals surface area (Å²) in [4.78, 5) is 0. The van der Waals surface area contributed by atoms with Crippen molar-refractivity contribution in [1.82, 2.24) is 0 Å². The van der Waals surface area contributed by atoms with E-state index in [0.29, 0.717) is 0 Å². The molecule has 0 fully saturated rings. The number of hydrogen-bond donors (Lipinski definition) is 0. The average molecular weight is 104 g/mol. The van der Waals surface area contributed by atoms with Crippen molar-refractivity contribution in [2.75, 3.05) is 0 Å². The Morgan fingerprint density at radius 1 is 0.750 bits per heavy atom. The Labute approximate surface area is 59.2 Å². The van der Waals surface area contributed by atoms with Crippen LogP contribution in [-0.4, -0.2) is 59.7 Å². The predicted molar refractivity (Wildman–Crippen MR) is 18.7 cm³/mol. The van der Waals surface area contributed by atoms with Gasteiger partial charge in [0.15, 0.2) is 0 Å². The number of hydrogen-bond acceptors (Lipinski definition) is 0. The van der Waals surface area contributed by atoms with Crippen LogP contribution in [0.15, 0.2) is 0 Å². The largest absolute Gasteiger partial charge is 0.412 e. The van der Waals surface area contributed by atoms with E-state index in [1.54, 1.807) is 0 Å². The van der Waals surface area contributed by atoms with Gasteiger partial charge in [0, 0.05) is 48.7 Å². The molecule has 2 nitrogen and oxygen atoms in total. The summed E-state index contributed by atoms with van der Waals surface area (Å²) in [7, 11) is 0. The Hall–Kier alpha value is 1.40. The van der Waals surface area contributed by atoms with Gasteiger partial charge >= 0.3 is 0 Å². The molecule has 4 heavy (non-hydrogen) atoms. The average Bonchev–Trinajstić information content (AvgIpc) is 0. The van der Waals surface area contributed by atoms with E-state index in [-0.39, 0.29) is 59.7 Å². The first-order valence-electron chi connectivity index (χ1n) is 0. The van der Waals surface area contributed by atoms with Crippen LogP contribution >= 0.6 is 0 Å². The van der Waals surface area contributed by atoms with Gasteiger partial charge in [0.1, 0.15) is 0 Å². The standard InChI is InChI=1S/Ca.2H2O.Si/h;2*1H2;. The summed E-state index contributed by atoms with van der Waals surface area (Å²) in [5, 5.41) is 0. The first-order valence-corrected chi connectivity index (χ1v) is 0. The maximum absolute atomic E-state index is 0. The SMILES string of the molecule is O.O.[Ca].[Si]. The molecule has 0 saturated carbocycles. The van der Waals surface area contributed by atoms with E-state index >= 15 is 0 Å². The molecule has 0 aromatic rings. The van der Waals surface area contributed by atoms with Crippen molar-refractivity contribution in [3.63, 3.8) is 0 Å². The van der Waals surface area contributed by atoms with Crippen LogP contribution in [0.1, 0.15) is 0 Å². The van der Waals surface area contributed by atoms with Gasteiger partial charge in [-0.3, -0.25) is 0 Å². The van der Waals surface area contributed by atoms with Gasteiger partial charge in [0.25, 0.3) is 0 Å². The van der Waals surface area contributed by atoms with Crippen LogP contribution in [0.2, 0.25) is 0 Å². The fourth-order valence-corrected chi connectivity index (χ4v) is 0. The molecule has 0 aliphatic heterocycles. The minimum absolute atomic E-state index is 0. The summed E-state index contributed by atoms with van der Waals surface area (Å²) < 4.78 is 0. The Morgan fingerprint density at radius 2 is 0.750 bits per heavy atom. The smallest absolute Gasteiger partial charge is 0 e. The van der Waals surface area contributed by atoms with Crippen molar-refractivity contribution in [2.45, 2.75) is 0 Å². The van der Waals surface area contributed by atoms with E-state index in [0.717, 1.165) is 0 Å². The predicted octanol–water partition coefficient (Wildman–Crippen LogP) is -2.41. The fraction of sp³-hybridized carbons (Fsp3) is 0. The molecule has 0 saturated heterocycles. The fourth-order valence-electron chi connectivity index (χ4n) is 0. The molecule has 0 aromatic heterocycles.